The van der Waals surface area contributed by atoms with Crippen molar-refractivity contribution >= 4 is 17.7 Å². The first-order valence-electron chi connectivity index (χ1n) is 9.46. The van der Waals surface area contributed by atoms with Gasteiger partial charge in [-0.15, -0.1) is 5.10 Å². The Morgan fingerprint density at radius 2 is 2.00 bits per heavy atom. The number of carbonyl (C=O) groups excluding carboxylic acids is 1. The van der Waals surface area contributed by atoms with Crippen LogP contribution in [0, 0.1) is 6.92 Å². The Hall–Kier alpha value is -2.67. The molecule has 0 radical (unpaired) electrons. The molecule has 0 N–H and O–H groups in total. The number of rotatable bonds is 5. The van der Waals surface area contributed by atoms with Gasteiger partial charge in [0.05, 0.1) is 17.5 Å². The molecule has 7 heteroatoms. The maximum atomic E-state index is 12.9. The lowest BCUT2D eigenvalue weighted by molar-refractivity contribution is -0.129. The number of para-hydroxylation sites is 1. The summed E-state index contributed by atoms with van der Waals surface area (Å²) < 4.78 is 1.70. The number of fused-ring (bicyclic) bond motifs is 1. The van der Waals surface area contributed by atoms with Gasteiger partial charge in [0, 0.05) is 7.05 Å². The summed E-state index contributed by atoms with van der Waals surface area (Å²) in [6.07, 6.45) is 3.21. The van der Waals surface area contributed by atoms with E-state index in [9.17, 15) is 4.79 Å². The first-order valence-corrected chi connectivity index (χ1v) is 10.4. The van der Waals surface area contributed by atoms with Crippen LogP contribution in [0.1, 0.15) is 35.6 Å². The molecule has 4 rings (SSSR count). The molecule has 0 spiro atoms. The van der Waals surface area contributed by atoms with Crippen molar-refractivity contribution < 1.29 is 4.79 Å². The first kappa shape index (κ1) is 18.7. The summed E-state index contributed by atoms with van der Waals surface area (Å²) in [5.41, 5.74) is 4.64. The molecule has 1 aliphatic carbocycles. The molecule has 3 aromatic rings. The molecule has 0 bridgehead atoms. The van der Waals surface area contributed by atoms with E-state index in [1.165, 1.54) is 22.9 Å². The third kappa shape index (κ3) is 3.67. The summed E-state index contributed by atoms with van der Waals surface area (Å²) in [7, 11) is 1.90. The van der Waals surface area contributed by atoms with Gasteiger partial charge in [0.25, 0.3) is 0 Å². The van der Waals surface area contributed by atoms with Crippen molar-refractivity contribution in [1.82, 2.24) is 25.1 Å². The van der Waals surface area contributed by atoms with Crippen molar-refractivity contribution in [2.75, 3.05) is 12.8 Å². The fourth-order valence-corrected chi connectivity index (χ4v) is 4.56. The van der Waals surface area contributed by atoms with Gasteiger partial charge >= 0.3 is 0 Å². The number of amides is 1. The molecule has 1 aliphatic rings. The molecule has 0 saturated carbocycles. The Bertz CT molecular complexity index is 986. The van der Waals surface area contributed by atoms with Crippen LogP contribution in [-0.4, -0.2) is 43.8 Å². The van der Waals surface area contributed by atoms with Crippen LogP contribution in [0.25, 0.3) is 5.69 Å². The molecule has 1 heterocycles. The average molecular weight is 394 g/mol. The van der Waals surface area contributed by atoms with Gasteiger partial charge in [0.2, 0.25) is 11.1 Å². The topological polar surface area (TPSA) is 63.9 Å². The lowest BCUT2D eigenvalue weighted by Gasteiger charge is -2.33. The Labute approximate surface area is 168 Å². The summed E-state index contributed by atoms with van der Waals surface area (Å²) in [6, 6.07) is 16.5. The van der Waals surface area contributed by atoms with Crippen molar-refractivity contribution in [2.24, 2.45) is 0 Å². The highest BCUT2D eigenvalue weighted by Gasteiger charge is 2.26. The Kier molecular flexibility index (Phi) is 5.43. The van der Waals surface area contributed by atoms with Crippen molar-refractivity contribution in [3.05, 3.63) is 65.2 Å². The number of tetrazole rings is 1. The third-order valence-electron chi connectivity index (χ3n) is 5.31. The lowest BCUT2D eigenvalue weighted by atomic mass is 9.87. The maximum absolute atomic E-state index is 12.9. The van der Waals surface area contributed by atoms with E-state index in [2.05, 4.69) is 39.8 Å². The normalized spacial score (nSPS) is 15.9. The van der Waals surface area contributed by atoms with Gasteiger partial charge in [-0.2, -0.15) is 4.68 Å². The SMILES string of the molecule is Cc1ccccc1-n1nnnc1SCC(=O)N(C)C1CCCc2ccccc21. The zero-order valence-corrected chi connectivity index (χ0v) is 16.9. The van der Waals surface area contributed by atoms with Crippen molar-refractivity contribution in [3.63, 3.8) is 0 Å². The summed E-state index contributed by atoms with van der Waals surface area (Å²) >= 11 is 1.37. The van der Waals surface area contributed by atoms with E-state index in [1.807, 2.05) is 43.1 Å². The number of nitrogens with zero attached hydrogens (tertiary/aromatic N) is 5. The first-order chi connectivity index (χ1) is 13.6. The molecule has 1 unspecified atom stereocenters. The molecular weight excluding hydrogens is 370 g/mol. The Morgan fingerprint density at radius 3 is 2.86 bits per heavy atom. The largest absolute Gasteiger partial charge is 0.338 e. The molecular formula is C21H23N5OS. The van der Waals surface area contributed by atoms with Gasteiger partial charge in [-0.25, -0.2) is 0 Å². The molecule has 0 saturated heterocycles. The van der Waals surface area contributed by atoms with Crippen LogP contribution in [0.5, 0.6) is 0 Å². The van der Waals surface area contributed by atoms with E-state index in [-0.39, 0.29) is 11.9 Å². The average Bonchev–Trinajstić information content (AvgIpc) is 3.19. The second-order valence-electron chi connectivity index (χ2n) is 7.06. The van der Waals surface area contributed by atoms with Gasteiger partial charge in [-0.3, -0.25) is 4.79 Å². The quantitative estimate of drug-likeness (QED) is 0.620. The zero-order chi connectivity index (χ0) is 19.5. The molecule has 0 aliphatic heterocycles. The van der Waals surface area contributed by atoms with Gasteiger partial charge < -0.3 is 4.90 Å². The van der Waals surface area contributed by atoms with E-state index in [0.717, 1.165) is 30.5 Å². The lowest BCUT2D eigenvalue weighted by Crippen LogP contribution is -2.34. The van der Waals surface area contributed by atoms with Crippen LogP contribution < -0.4 is 0 Å². The molecule has 1 aromatic heterocycles. The number of aromatic nitrogens is 4. The molecule has 2 aromatic carbocycles. The summed E-state index contributed by atoms with van der Waals surface area (Å²) in [4.78, 5) is 14.8. The fraction of sp³-hybridized carbons (Fsp3) is 0.333. The summed E-state index contributed by atoms with van der Waals surface area (Å²) in [5, 5.41) is 12.6. The second kappa shape index (κ2) is 8.14. The summed E-state index contributed by atoms with van der Waals surface area (Å²) in [5.74, 6) is 0.396. The van der Waals surface area contributed by atoms with Crippen LogP contribution in [0.15, 0.2) is 53.7 Å². The fourth-order valence-electron chi connectivity index (χ4n) is 3.75. The molecule has 6 nitrogen and oxygen atoms in total. The zero-order valence-electron chi connectivity index (χ0n) is 16.1. The minimum Gasteiger partial charge on any atom is -0.338 e. The second-order valence-corrected chi connectivity index (χ2v) is 8.00. The molecule has 144 valence electrons. The standard InChI is InChI=1S/C21H23N5OS/c1-15-8-3-6-12-18(15)26-21(22-23-24-26)28-14-20(27)25(2)19-13-7-10-16-9-4-5-11-17(16)19/h3-6,8-9,11-12,19H,7,10,13-14H2,1-2H3. The maximum Gasteiger partial charge on any atom is 0.233 e. The Balaban J connectivity index is 1.46. The van der Waals surface area contributed by atoms with Gasteiger partial charge in [-0.1, -0.05) is 54.2 Å². The van der Waals surface area contributed by atoms with Gasteiger partial charge in [0.1, 0.15) is 0 Å². The highest BCUT2D eigenvalue weighted by Crippen LogP contribution is 2.34. The van der Waals surface area contributed by atoms with Crippen LogP contribution >= 0.6 is 11.8 Å². The van der Waals surface area contributed by atoms with E-state index in [4.69, 9.17) is 0 Å². The predicted molar refractivity (Wildman–Crippen MR) is 110 cm³/mol. The molecule has 0 fully saturated rings. The minimum absolute atomic E-state index is 0.0889. The van der Waals surface area contributed by atoms with Crippen LogP contribution in [-0.2, 0) is 11.2 Å². The van der Waals surface area contributed by atoms with Crippen LogP contribution in [0.2, 0.25) is 0 Å². The van der Waals surface area contributed by atoms with Crippen molar-refractivity contribution in [1.29, 1.82) is 0 Å². The third-order valence-corrected chi connectivity index (χ3v) is 6.21. The highest BCUT2D eigenvalue weighted by atomic mass is 32.2. The number of hydrogen-bond donors (Lipinski definition) is 0. The van der Waals surface area contributed by atoms with Gasteiger partial charge in [0.15, 0.2) is 0 Å². The highest BCUT2D eigenvalue weighted by molar-refractivity contribution is 7.99. The molecule has 28 heavy (non-hydrogen) atoms. The predicted octanol–water partition coefficient (Wildman–Crippen LogP) is 3.60. The van der Waals surface area contributed by atoms with Crippen molar-refractivity contribution in [2.45, 2.75) is 37.4 Å². The number of benzene rings is 2. The number of aryl methyl sites for hydroxylation is 2. The van der Waals surface area contributed by atoms with E-state index < -0.39 is 0 Å². The van der Waals surface area contributed by atoms with E-state index in [0.29, 0.717) is 10.9 Å². The van der Waals surface area contributed by atoms with E-state index in [1.54, 1.807) is 4.68 Å². The van der Waals surface area contributed by atoms with Crippen LogP contribution in [0.4, 0.5) is 0 Å². The monoisotopic (exact) mass is 393 g/mol. The summed E-state index contributed by atoms with van der Waals surface area (Å²) in [6.45, 7) is 2.02. The molecule has 1 amide bonds. The van der Waals surface area contributed by atoms with E-state index >= 15 is 0 Å². The Morgan fingerprint density at radius 1 is 1.21 bits per heavy atom. The minimum atomic E-state index is 0.0889. The number of thioether (sulfide) groups is 1. The number of hydrogen-bond acceptors (Lipinski definition) is 5. The number of carbonyl (C=O) groups is 1. The molecule has 1 atom stereocenters. The van der Waals surface area contributed by atoms with Gasteiger partial charge in [-0.05, 0) is 59.4 Å². The smallest absolute Gasteiger partial charge is 0.233 e. The van der Waals surface area contributed by atoms with Crippen molar-refractivity contribution in [3.8, 4) is 5.69 Å². The van der Waals surface area contributed by atoms with Crippen LogP contribution in [0.3, 0.4) is 0 Å².